The molecule has 0 radical (unpaired) electrons. The zero-order valence-corrected chi connectivity index (χ0v) is 12.0. The van der Waals surface area contributed by atoms with Crippen molar-refractivity contribution in [3.05, 3.63) is 0 Å². The summed E-state index contributed by atoms with van der Waals surface area (Å²) in [5, 5.41) is 26.3. The molecule has 1 amide bonds. The number of carbonyl (C=O) groups excluding carboxylic acids is 1. The standard InChI is InChI=1S/C14H20N4O3/c15-5-2-8-18(9-3-6-16)13(19)11-17-7-1-4-12(10-17)14(20)21/h12H,1-4,7-11H2,(H,20,21). The van der Waals surface area contributed by atoms with Gasteiger partial charge in [0.1, 0.15) is 0 Å². The van der Waals surface area contributed by atoms with Gasteiger partial charge in [-0.2, -0.15) is 10.5 Å². The number of amides is 1. The van der Waals surface area contributed by atoms with Crippen molar-refractivity contribution in [1.29, 1.82) is 10.5 Å². The SMILES string of the molecule is N#CCCN(CCC#N)C(=O)CN1CCCC(C(=O)O)C1. The Kier molecular flexibility index (Phi) is 7.20. The smallest absolute Gasteiger partial charge is 0.307 e. The Morgan fingerprint density at radius 1 is 1.24 bits per heavy atom. The van der Waals surface area contributed by atoms with Gasteiger partial charge in [-0.3, -0.25) is 14.5 Å². The molecule has 1 fully saturated rings. The van der Waals surface area contributed by atoms with Crippen molar-refractivity contribution in [1.82, 2.24) is 9.80 Å². The number of carboxylic acid groups (broad SMARTS) is 1. The minimum absolute atomic E-state index is 0.147. The van der Waals surface area contributed by atoms with Crippen LogP contribution in [0.2, 0.25) is 0 Å². The summed E-state index contributed by atoms with van der Waals surface area (Å²) in [5.41, 5.74) is 0. The molecule has 1 aliphatic rings. The molecule has 114 valence electrons. The number of nitrogens with zero attached hydrogens (tertiary/aromatic N) is 4. The molecule has 1 unspecified atom stereocenters. The highest BCUT2D eigenvalue weighted by Crippen LogP contribution is 2.16. The van der Waals surface area contributed by atoms with E-state index in [-0.39, 0.29) is 25.3 Å². The highest BCUT2D eigenvalue weighted by atomic mass is 16.4. The average molecular weight is 292 g/mol. The molecule has 0 bridgehead atoms. The van der Waals surface area contributed by atoms with Gasteiger partial charge in [-0.25, -0.2) is 0 Å². The summed E-state index contributed by atoms with van der Waals surface area (Å²) < 4.78 is 0. The molecule has 0 aromatic heterocycles. The molecule has 1 N–H and O–H groups in total. The van der Waals surface area contributed by atoms with Crippen molar-refractivity contribution in [2.75, 3.05) is 32.7 Å². The molecule has 0 aliphatic carbocycles. The summed E-state index contributed by atoms with van der Waals surface area (Å²) in [6.45, 7) is 1.87. The molecule has 0 saturated carbocycles. The molecule has 7 nitrogen and oxygen atoms in total. The average Bonchev–Trinajstić information content (AvgIpc) is 2.47. The molecule has 1 rings (SSSR count). The molecule has 21 heavy (non-hydrogen) atoms. The lowest BCUT2D eigenvalue weighted by Gasteiger charge is -2.32. The van der Waals surface area contributed by atoms with Crippen molar-refractivity contribution >= 4 is 11.9 Å². The maximum atomic E-state index is 12.2. The van der Waals surface area contributed by atoms with Crippen LogP contribution < -0.4 is 0 Å². The second kappa shape index (κ2) is 8.93. The van der Waals surface area contributed by atoms with E-state index in [1.165, 1.54) is 4.90 Å². The van der Waals surface area contributed by atoms with Gasteiger partial charge in [-0.1, -0.05) is 0 Å². The molecule has 0 aromatic rings. The Morgan fingerprint density at radius 2 is 1.86 bits per heavy atom. The summed E-state index contributed by atoms with van der Waals surface area (Å²) in [6.07, 6.45) is 1.87. The van der Waals surface area contributed by atoms with Gasteiger partial charge in [0.25, 0.3) is 0 Å². The summed E-state index contributed by atoms with van der Waals surface area (Å²) in [5.74, 6) is -1.39. The topological polar surface area (TPSA) is 108 Å². The third-order valence-electron chi connectivity index (χ3n) is 3.55. The van der Waals surface area contributed by atoms with Crippen LogP contribution in [-0.4, -0.2) is 59.5 Å². The van der Waals surface area contributed by atoms with Crippen LogP contribution in [0, 0.1) is 28.6 Å². The predicted octanol–water partition coefficient (Wildman–Crippen LogP) is 0.439. The highest BCUT2D eigenvalue weighted by molar-refractivity contribution is 5.78. The lowest BCUT2D eigenvalue weighted by molar-refractivity contribution is -0.145. The van der Waals surface area contributed by atoms with E-state index in [1.807, 2.05) is 17.0 Å². The van der Waals surface area contributed by atoms with E-state index in [1.54, 1.807) is 0 Å². The minimum Gasteiger partial charge on any atom is -0.481 e. The lowest BCUT2D eigenvalue weighted by Crippen LogP contribution is -2.46. The van der Waals surface area contributed by atoms with Gasteiger partial charge >= 0.3 is 5.97 Å². The van der Waals surface area contributed by atoms with Crippen LogP contribution in [0.5, 0.6) is 0 Å². The second-order valence-corrected chi connectivity index (χ2v) is 5.11. The van der Waals surface area contributed by atoms with Gasteiger partial charge in [-0.05, 0) is 19.4 Å². The van der Waals surface area contributed by atoms with Crippen LogP contribution in [0.25, 0.3) is 0 Å². The van der Waals surface area contributed by atoms with Crippen LogP contribution in [0.3, 0.4) is 0 Å². The van der Waals surface area contributed by atoms with Gasteiger partial charge in [0.15, 0.2) is 0 Å². The van der Waals surface area contributed by atoms with E-state index in [9.17, 15) is 9.59 Å². The highest BCUT2D eigenvalue weighted by Gasteiger charge is 2.27. The fourth-order valence-electron chi connectivity index (χ4n) is 2.42. The third kappa shape index (κ3) is 5.80. The number of rotatable bonds is 7. The van der Waals surface area contributed by atoms with E-state index in [2.05, 4.69) is 0 Å². The number of aliphatic carboxylic acids is 1. The van der Waals surface area contributed by atoms with Crippen LogP contribution in [0.15, 0.2) is 0 Å². The van der Waals surface area contributed by atoms with Crippen LogP contribution in [0.1, 0.15) is 25.7 Å². The quantitative estimate of drug-likeness (QED) is 0.729. The normalized spacial score (nSPS) is 18.5. The number of piperidine rings is 1. The number of nitriles is 2. The molecular weight excluding hydrogens is 272 g/mol. The largest absolute Gasteiger partial charge is 0.481 e. The van der Waals surface area contributed by atoms with Crippen molar-refractivity contribution in [2.24, 2.45) is 5.92 Å². The molecule has 1 atom stereocenters. The van der Waals surface area contributed by atoms with Crippen molar-refractivity contribution in [3.63, 3.8) is 0 Å². The van der Waals surface area contributed by atoms with Crippen molar-refractivity contribution in [2.45, 2.75) is 25.7 Å². The maximum Gasteiger partial charge on any atom is 0.307 e. The molecule has 1 heterocycles. The maximum absolute atomic E-state index is 12.2. The summed E-state index contributed by atoms with van der Waals surface area (Å²) in [4.78, 5) is 26.6. The third-order valence-corrected chi connectivity index (χ3v) is 3.55. The Hall–Kier alpha value is -2.12. The molecule has 7 heteroatoms. The molecular formula is C14H20N4O3. The van der Waals surface area contributed by atoms with Gasteiger partial charge in [0.05, 0.1) is 37.4 Å². The number of likely N-dealkylation sites (tertiary alicyclic amines) is 1. The number of hydrogen-bond donors (Lipinski definition) is 1. The predicted molar refractivity (Wildman–Crippen MR) is 73.8 cm³/mol. The first-order valence-electron chi connectivity index (χ1n) is 7.05. The monoisotopic (exact) mass is 292 g/mol. The van der Waals surface area contributed by atoms with Crippen molar-refractivity contribution < 1.29 is 14.7 Å². The Balaban J connectivity index is 2.53. The molecule has 0 aromatic carbocycles. The summed E-state index contributed by atoms with van der Waals surface area (Å²) in [6, 6.07) is 3.97. The number of hydrogen-bond acceptors (Lipinski definition) is 5. The molecule has 0 spiro atoms. The van der Waals surface area contributed by atoms with E-state index in [0.717, 1.165) is 6.42 Å². The fraction of sp³-hybridized carbons (Fsp3) is 0.714. The zero-order valence-electron chi connectivity index (χ0n) is 12.0. The Bertz CT molecular complexity index is 434. The van der Waals surface area contributed by atoms with E-state index >= 15 is 0 Å². The van der Waals surface area contributed by atoms with Crippen LogP contribution in [0.4, 0.5) is 0 Å². The van der Waals surface area contributed by atoms with Crippen LogP contribution >= 0.6 is 0 Å². The zero-order chi connectivity index (χ0) is 15.7. The van der Waals surface area contributed by atoms with E-state index in [4.69, 9.17) is 15.6 Å². The number of carboxylic acids is 1. The van der Waals surface area contributed by atoms with Gasteiger partial charge in [0, 0.05) is 19.6 Å². The second-order valence-electron chi connectivity index (χ2n) is 5.11. The van der Waals surface area contributed by atoms with Gasteiger partial charge < -0.3 is 10.0 Å². The fourth-order valence-corrected chi connectivity index (χ4v) is 2.42. The molecule has 1 aliphatic heterocycles. The van der Waals surface area contributed by atoms with E-state index in [0.29, 0.717) is 32.6 Å². The Morgan fingerprint density at radius 3 is 2.38 bits per heavy atom. The first-order chi connectivity index (χ1) is 10.1. The number of carbonyl (C=O) groups is 2. The van der Waals surface area contributed by atoms with Gasteiger partial charge in [0.2, 0.25) is 5.91 Å². The molecule has 1 saturated heterocycles. The summed E-state index contributed by atoms with van der Waals surface area (Å²) >= 11 is 0. The van der Waals surface area contributed by atoms with Gasteiger partial charge in [-0.15, -0.1) is 0 Å². The minimum atomic E-state index is -0.821. The van der Waals surface area contributed by atoms with E-state index < -0.39 is 11.9 Å². The van der Waals surface area contributed by atoms with Crippen molar-refractivity contribution in [3.8, 4) is 12.1 Å². The first kappa shape index (κ1) is 16.9. The summed E-state index contributed by atoms with van der Waals surface area (Å²) in [7, 11) is 0. The van der Waals surface area contributed by atoms with Crippen LogP contribution in [-0.2, 0) is 9.59 Å². The first-order valence-corrected chi connectivity index (χ1v) is 7.05. The Labute approximate surface area is 124 Å². The lowest BCUT2D eigenvalue weighted by atomic mass is 9.98.